The first-order valence-electron chi connectivity index (χ1n) is 6.91. The lowest BCUT2D eigenvalue weighted by Gasteiger charge is -2.09. The van der Waals surface area contributed by atoms with Gasteiger partial charge in [0.1, 0.15) is 5.82 Å². The molecule has 0 atom stereocenters. The van der Waals surface area contributed by atoms with Gasteiger partial charge in [-0.2, -0.15) is 5.10 Å². The lowest BCUT2D eigenvalue weighted by molar-refractivity contribution is 0.632. The van der Waals surface area contributed by atoms with E-state index in [1.807, 2.05) is 13.0 Å². The first-order valence-corrected chi connectivity index (χ1v) is 7.31. The summed E-state index contributed by atoms with van der Waals surface area (Å²) in [6.07, 6.45) is 0. The van der Waals surface area contributed by atoms with Crippen LogP contribution in [-0.4, -0.2) is 10.8 Å². The van der Waals surface area contributed by atoms with Crippen LogP contribution in [0.5, 0.6) is 0 Å². The summed E-state index contributed by atoms with van der Waals surface area (Å²) >= 11 is 5.11. The number of nitrogens with zero attached hydrogens (tertiary/aromatic N) is 1. The first-order chi connectivity index (χ1) is 10.5. The fraction of sp³-hybridized carbons (Fsp3) is 0.176. The van der Waals surface area contributed by atoms with E-state index in [0.717, 1.165) is 11.3 Å². The van der Waals surface area contributed by atoms with Crippen molar-refractivity contribution in [3.63, 3.8) is 0 Å². The van der Waals surface area contributed by atoms with Gasteiger partial charge in [-0.05, 0) is 67.9 Å². The monoisotopic (exact) mass is 315 g/mol. The number of hydrogen-bond donors (Lipinski definition) is 2. The number of hydrogen-bond acceptors (Lipinski definition) is 2. The maximum absolute atomic E-state index is 13.5. The summed E-state index contributed by atoms with van der Waals surface area (Å²) in [7, 11) is 0. The van der Waals surface area contributed by atoms with E-state index in [-0.39, 0.29) is 10.9 Å². The van der Waals surface area contributed by atoms with Crippen molar-refractivity contribution in [1.82, 2.24) is 5.43 Å². The van der Waals surface area contributed by atoms with Gasteiger partial charge in [-0.25, -0.2) is 4.39 Å². The highest BCUT2D eigenvalue weighted by Crippen LogP contribution is 2.12. The zero-order chi connectivity index (χ0) is 16.1. The van der Waals surface area contributed by atoms with Crippen LogP contribution in [-0.2, 0) is 0 Å². The number of hydrazone groups is 1. The number of thiocarbonyl (C=S) groups is 1. The van der Waals surface area contributed by atoms with E-state index in [0.29, 0.717) is 5.69 Å². The molecule has 114 valence electrons. The van der Waals surface area contributed by atoms with Gasteiger partial charge in [0.25, 0.3) is 0 Å². The molecule has 2 N–H and O–H groups in total. The quantitative estimate of drug-likeness (QED) is 0.507. The van der Waals surface area contributed by atoms with Crippen LogP contribution in [0.2, 0.25) is 0 Å². The zero-order valence-corrected chi connectivity index (χ0v) is 13.6. The third-order valence-corrected chi connectivity index (χ3v) is 3.57. The second kappa shape index (κ2) is 7.13. The average Bonchev–Trinajstić information content (AvgIpc) is 2.50. The third kappa shape index (κ3) is 4.11. The third-order valence-electron chi connectivity index (χ3n) is 3.37. The van der Waals surface area contributed by atoms with Crippen LogP contribution in [0.3, 0.4) is 0 Å². The molecule has 0 aliphatic carbocycles. The Bertz CT molecular complexity index is 726. The summed E-state index contributed by atoms with van der Waals surface area (Å²) in [5.74, 6) is -0.360. The average molecular weight is 315 g/mol. The normalized spacial score (nSPS) is 11.2. The number of benzene rings is 2. The Balaban J connectivity index is 2.02. The molecule has 2 aromatic carbocycles. The molecule has 0 fully saturated rings. The Morgan fingerprint density at radius 1 is 1.09 bits per heavy atom. The SMILES string of the molecule is C/C(=N/NC(=S)Nc1ccccc1F)c1ccc(C)c(C)c1. The number of rotatable bonds is 3. The molecule has 2 rings (SSSR count). The van der Waals surface area contributed by atoms with Crippen molar-refractivity contribution in [3.05, 3.63) is 65.0 Å². The Kier molecular flexibility index (Phi) is 5.22. The first kappa shape index (κ1) is 16.1. The van der Waals surface area contributed by atoms with Crippen LogP contribution in [0.1, 0.15) is 23.6 Å². The Morgan fingerprint density at radius 3 is 2.50 bits per heavy atom. The van der Waals surface area contributed by atoms with Crippen molar-refractivity contribution in [3.8, 4) is 0 Å². The number of aryl methyl sites for hydroxylation is 2. The number of anilines is 1. The molecule has 0 radical (unpaired) electrons. The number of para-hydroxylation sites is 1. The van der Waals surface area contributed by atoms with Gasteiger partial charge in [-0.1, -0.05) is 24.3 Å². The molecule has 0 aromatic heterocycles. The van der Waals surface area contributed by atoms with Crippen molar-refractivity contribution in [1.29, 1.82) is 0 Å². The van der Waals surface area contributed by atoms with Crippen molar-refractivity contribution >= 4 is 28.7 Å². The van der Waals surface area contributed by atoms with Crippen molar-refractivity contribution in [2.75, 3.05) is 5.32 Å². The standard InChI is InChI=1S/C17H18FN3S/c1-11-8-9-14(10-12(11)2)13(3)20-21-17(22)19-16-7-5-4-6-15(16)18/h4-10H,1-3H3,(H2,19,21,22)/b20-13-. The number of nitrogens with one attached hydrogen (secondary N) is 2. The molecule has 0 aliphatic heterocycles. The summed E-state index contributed by atoms with van der Waals surface area (Å²) in [5.41, 5.74) is 7.32. The van der Waals surface area contributed by atoms with Gasteiger partial charge in [0.05, 0.1) is 11.4 Å². The fourth-order valence-electron chi connectivity index (χ4n) is 1.88. The lowest BCUT2D eigenvalue weighted by atomic mass is 10.0. The lowest BCUT2D eigenvalue weighted by Crippen LogP contribution is -2.25. The molecular formula is C17H18FN3S. The van der Waals surface area contributed by atoms with E-state index in [9.17, 15) is 4.39 Å². The maximum atomic E-state index is 13.5. The fourth-order valence-corrected chi connectivity index (χ4v) is 2.03. The van der Waals surface area contributed by atoms with E-state index >= 15 is 0 Å². The molecule has 22 heavy (non-hydrogen) atoms. The summed E-state index contributed by atoms with van der Waals surface area (Å²) in [4.78, 5) is 0. The van der Waals surface area contributed by atoms with Gasteiger partial charge in [-0.15, -0.1) is 0 Å². The van der Waals surface area contributed by atoms with Crippen LogP contribution < -0.4 is 10.7 Å². The highest BCUT2D eigenvalue weighted by molar-refractivity contribution is 7.80. The zero-order valence-electron chi connectivity index (χ0n) is 12.8. The minimum Gasteiger partial charge on any atom is -0.329 e. The summed E-state index contributed by atoms with van der Waals surface area (Å²) in [5, 5.41) is 7.25. The topological polar surface area (TPSA) is 36.4 Å². The van der Waals surface area contributed by atoms with Gasteiger partial charge in [-0.3, -0.25) is 5.43 Å². The molecule has 0 saturated heterocycles. The number of halogens is 1. The van der Waals surface area contributed by atoms with Crippen LogP contribution in [0, 0.1) is 19.7 Å². The second-order valence-electron chi connectivity index (χ2n) is 5.04. The molecule has 0 aliphatic rings. The van der Waals surface area contributed by atoms with Crippen molar-refractivity contribution in [2.45, 2.75) is 20.8 Å². The Labute approximate surface area is 135 Å². The summed E-state index contributed by atoms with van der Waals surface area (Å²) < 4.78 is 13.5. The van der Waals surface area contributed by atoms with Crippen molar-refractivity contribution < 1.29 is 4.39 Å². The van der Waals surface area contributed by atoms with E-state index in [1.54, 1.807) is 18.2 Å². The highest BCUT2D eigenvalue weighted by atomic mass is 32.1. The second-order valence-corrected chi connectivity index (χ2v) is 5.45. The minimum atomic E-state index is -0.360. The van der Waals surface area contributed by atoms with E-state index in [2.05, 4.69) is 41.8 Å². The maximum Gasteiger partial charge on any atom is 0.191 e. The smallest absolute Gasteiger partial charge is 0.191 e. The highest BCUT2D eigenvalue weighted by Gasteiger charge is 2.03. The van der Waals surface area contributed by atoms with Gasteiger partial charge >= 0.3 is 0 Å². The molecule has 0 saturated carbocycles. The van der Waals surface area contributed by atoms with E-state index < -0.39 is 0 Å². The predicted molar refractivity (Wildman–Crippen MR) is 93.9 cm³/mol. The molecule has 0 bridgehead atoms. The molecule has 0 unspecified atom stereocenters. The van der Waals surface area contributed by atoms with Gasteiger partial charge < -0.3 is 5.32 Å². The Morgan fingerprint density at radius 2 is 1.82 bits per heavy atom. The van der Waals surface area contributed by atoms with Crippen LogP contribution in [0.4, 0.5) is 10.1 Å². The van der Waals surface area contributed by atoms with Crippen LogP contribution in [0.15, 0.2) is 47.6 Å². The predicted octanol–water partition coefficient (Wildman–Crippen LogP) is 4.15. The van der Waals surface area contributed by atoms with E-state index in [4.69, 9.17) is 12.2 Å². The molecule has 3 nitrogen and oxygen atoms in total. The molecule has 0 spiro atoms. The largest absolute Gasteiger partial charge is 0.329 e. The molecular weight excluding hydrogens is 297 g/mol. The molecule has 0 amide bonds. The molecule has 2 aromatic rings. The minimum absolute atomic E-state index is 0.244. The van der Waals surface area contributed by atoms with Crippen LogP contribution in [0.25, 0.3) is 0 Å². The molecule has 0 heterocycles. The van der Waals surface area contributed by atoms with Gasteiger partial charge in [0.2, 0.25) is 0 Å². The van der Waals surface area contributed by atoms with Crippen molar-refractivity contribution in [2.24, 2.45) is 5.10 Å². The van der Waals surface area contributed by atoms with Gasteiger partial charge in [0.15, 0.2) is 5.11 Å². The summed E-state index contributed by atoms with van der Waals surface area (Å²) in [6.45, 7) is 6.02. The van der Waals surface area contributed by atoms with Gasteiger partial charge in [0, 0.05) is 0 Å². The Hall–Kier alpha value is -2.27. The summed E-state index contributed by atoms with van der Waals surface area (Å²) in [6, 6.07) is 12.5. The van der Waals surface area contributed by atoms with E-state index in [1.165, 1.54) is 17.2 Å². The molecule has 5 heteroatoms. The van der Waals surface area contributed by atoms with Crippen LogP contribution >= 0.6 is 12.2 Å².